The Hall–Kier alpha value is -1.52. The van der Waals surface area contributed by atoms with Gasteiger partial charge in [-0.1, -0.05) is 19.8 Å². The summed E-state index contributed by atoms with van der Waals surface area (Å²) < 4.78 is 5.29. The van der Waals surface area contributed by atoms with Gasteiger partial charge in [0.25, 0.3) is 0 Å². The lowest BCUT2D eigenvalue weighted by atomic mass is 9.86. The van der Waals surface area contributed by atoms with E-state index < -0.39 is 0 Å². The van der Waals surface area contributed by atoms with Crippen LogP contribution in [0.2, 0.25) is 0 Å². The van der Waals surface area contributed by atoms with E-state index in [-0.39, 0.29) is 5.75 Å². The molecule has 0 fully saturated rings. The summed E-state index contributed by atoms with van der Waals surface area (Å²) in [5.41, 5.74) is 4.16. The zero-order chi connectivity index (χ0) is 17.4. The predicted molar refractivity (Wildman–Crippen MR) is 103 cm³/mol. The highest BCUT2D eigenvalue weighted by Crippen LogP contribution is 2.43. The van der Waals surface area contributed by atoms with Crippen LogP contribution in [-0.4, -0.2) is 23.7 Å². The first-order valence-corrected chi connectivity index (χ1v) is 10.3. The minimum Gasteiger partial charge on any atom is -0.504 e. The second-order valence-electron chi connectivity index (χ2n) is 7.28. The molecule has 1 aromatic heterocycles. The van der Waals surface area contributed by atoms with Gasteiger partial charge >= 0.3 is 0 Å². The molecule has 25 heavy (non-hydrogen) atoms. The van der Waals surface area contributed by atoms with Crippen LogP contribution in [0.25, 0.3) is 0 Å². The highest BCUT2D eigenvalue weighted by atomic mass is 32.1. The Balaban J connectivity index is 1.59. The summed E-state index contributed by atoms with van der Waals surface area (Å²) in [7, 11) is 1.62. The molecule has 0 amide bonds. The molecule has 0 saturated carbocycles. The molecule has 0 bridgehead atoms. The number of hydrogen-bond acceptors (Lipinski definition) is 4. The van der Waals surface area contributed by atoms with Crippen LogP contribution in [0.15, 0.2) is 18.2 Å². The number of nitrogens with zero attached hydrogens (tertiary/aromatic N) is 1. The number of unbranched alkanes of at least 4 members (excludes halogenated alkanes) is 2. The van der Waals surface area contributed by atoms with E-state index >= 15 is 0 Å². The summed E-state index contributed by atoms with van der Waals surface area (Å²) >= 11 is 2.01. The third-order valence-corrected chi connectivity index (χ3v) is 6.89. The largest absolute Gasteiger partial charge is 0.504 e. The van der Waals surface area contributed by atoms with E-state index in [1.165, 1.54) is 42.4 Å². The van der Waals surface area contributed by atoms with E-state index in [0.717, 1.165) is 25.9 Å². The Morgan fingerprint density at radius 1 is 1.24 bits per heavy atom. The zero-order valence-electron chi connectivity index (χ0n) is 15.2. The molecule has 4 rings (SSSR count). The van der Waals surface area contributed by atoms with Crippen LogP contribution in [0.4, 0.5) is 0 Å². The maximum Gasteiger partial charge on any atom is 0.160 e. The molecule has 0 unspecified atom stereocenters. The van der Waals surface area contributed by atoms with Gasteiger partial charge in [-0.15, -0.1) is 11.3 Å². The minimum absolute atomic E-state index is 0.264. The first kappa shape index (κ1) is 16.9. The molecule has 134 valence electrons. The second kappa shape index (κ2) is 7.00. The second-order valence-corrected chi connectivity index (χ2v) is 8.50. The van der Waals surface area contributed by atoms with Gasteiger partial charge < -0.3 is 9.84 Å². The molecule has 2 aromatic rings. The molecule has 4 heteroatoms. The van der Waals surface area contributed by atoms with Crippen molar-refractivity contribution < 1.29 is 9.84 Å². The summed E-state index contributed by atoms with van der Waals surface area (Å²) in [6.45, 7) is 4.40. The Kier molecular flexibility index (Phi) is 4.74. The average Bonchev–Trinajstić information content (AvgIpc) is 3.01. The SMILES string of the molecule is CCCCCc1cc2c(s1)C[C@H]1c3cc(O)c(OC)cc3CCN1C2. The fourth-order valence-corrected chi connectivity index (χ4v) is 5.52. The molecule has 1 N–H and O–H groups in total. The van der Waals surface area contributed by atoms with Crippen molar-refractivity contribution in [2.75, 3.05) is 13.7 Å². The lowest BCUT2D eigenvalue weighted by Crippen LogP contribution is -2.38. The van der Waals surface area contributed by atoms with Gasteiger partial charge in [0, 0.05) is 35.3 Å². The first-order valence-electron chi connectivity index (χ1n) is 9.44. The smallest absolute Gasteiger partial charge is 0.160 e. The van der Waals surface area contributed by atoms with E-state index in [9.17, 15) is 5.11 Å². The minimum atomic E-state index is 0.264. The monoisotopic (exact) mass is 357 g/mol. The Morgan fingerprint density at radius 3 is 2.92 bits per heavy atom. The van der Waals surface area contributed by atoms with E-state index in [4.69, 9.17) is 4.74 Å². The molecule has 1 atom stereocenters. The normalized spacial score (nSPS) is 19.2. The zero-order valence-corrected chi connectivity index (χ0v) is 16.0. The van der Waals surface area contributed by atoms with E-state index in [1.54, 1.807) is 16.9 Å². The molecule has 2 aliphatic heterocycles. The lowest BCUT2D eigenvalue weighted by Gasteiger charge is -2.40. The molecule has 1 aromatic carbocycles. The number of phenolic OH excluding ortho intramolecular Hbond substituents is 1. The number of fused-ring (bicyclic) bond motifs is 4. The number of aromatic hydroxyl groups is 1. The van der Waals surface area contributed by atoms with Gasteiger partial charge in [0.2, 0.25) is 0 Å². The van der Waals surface area contributed by atoms with E-state index in [2.05, 4.69) is 17.9 Å². The van der Waals surface area contributed by atoms with Gasteiger partial charge in [-0.25, -0.2) is 0 Å². The van der Waals surface area contributed by atoms with Crippen LogP contribution in [-0.2, 0) is 25.8 Å². The number of thiophene rings is 1. The third kappa shape index (κ3) is 3.18. The highest BCUT2D eigenvalue weighted by Gasteiger charge is 2.33. The van der Waals surface area contributed by atoms with Crippen molar-refractivity contribution in [2.45, 2.75) is 58.0 Å². The Morgan fingerprint density at radius 2 is 2.12 bits per heavy atom. The number of ether oxygens (including phenoxy) is 1. The van der Waals surface area contributed by atoms with Crippen molar-refractivity contribution in [3.63, 3.8) is 0 Å². The van der Waals surface area contributed by atoms with Gasteiger partial charge in [-0.3, -0.25) is 4.90 Å². The third-order valence-electron chi connectivity index (χ3n) is 5.64. The Labute approximate surface area is 154 Å². The topological polar surface area (TPSA) is 32.7 Å². The highest BCUT2D eigenvalue weighted by molar-refractivity contribution is 7.12. The maximum absolute atomic E-state index is 10.2. The summed E-state index contributed by atoms with van der Waals surface area (Å²) in [5.74, 6) is 0.860. The van der Waals surface area contributed by atoms with Crippen molar-refractivity contribution in [3.05, 3.63) is 44.6 Å². The average molecular weight is 358 g/mol. The molecular weight excluding hydrogens is 330 g/mol. The van der Waals surface area contributed by atoms with Crippen molar-refractivity contribution in [1.29, 1.82) is 0 Å². The number of aryl methyl sites for hydroxylation is 1. The summed E-state index contributed by atoms with van der Waals surface area (Å²) in [6, 6.07) is 6.82. The van der Waals surface area contributed by atoms with Gasteiger partial charge in [-0.05, 0) is 54.2 Å². The van der Waals surface area contributed by atoms with Gasteiger partial charge in [0.15, 0.2) is 11.5 Å². The van der Waals surface area contributed by atoms with Crippen LogP contribution in [0.3, 0.4) is 0 Å². The van der Waals surface area contributed by atoms with Crippen LogP contribution in [0, 0.1) is 0 Å². The maximum atomic E-state index is 10.2. The van der Waals surface area contributed by atoms with E-state index in [0.29, 0.717) is 11.8 Å². The molecule has 2 aliphatic rings. The van der Waals surface area contributed by atoms with Crippen molar-refractivity contribution in [3.8, 4) is 11.5 Å². The fraction of sp³-hybridized carbons (Fsp3) is 0.524. The molecule has 0 saturated heterocycles. The molecule has 0 spiro atoms. The van der Waals surface area contributed by atoms with E-state index in [1.807, 2.05) is 23.5 Å². The van der Waals surface area contributed by atoms with Crippen molar-refractivity contribution in [2.24, 2.45) is 0 Å². The first-order chi connectivity index (χ1) is 12.2. The summed E-state index contributed by atoms with van der Waals surface area (Å²) in [6.07, 6.45) is 7.25. The molecule has 3 heterocycles. The molecular formula is C21H27NO2S. The van der Waals surface area contributed by atoms with Crippen LogP contribution < -0.4 is 4.74 Å². The van der Waals surface area contributed by atoms with Gasteiger partial charge in [0.1, 0.15) is 0 Å². The molecule has 0 radical (unpaired) electrons. The van der Waals surface area contributed by atoms with Gasteiger partial charge in [-0.2, -0.15) is 0 Å². The lowest BCUT2D eigenvalue weighted by molar-refractivity contribution is 0.162. The van der Waals surface area contributed by atoms with Crippen LogP contribution in [0.1, 0.15) is 58.7 Å². The van der Waals surface area contributed by atoms with Crippen LogP contribution >= 0.6 is 11.3 Å². The quantitative estimate of drug-likeness (QED) is 0.777. The van der Waals surface area contributed by atoms with Crippen molar-refractivity contribution in [1.82, 2.24) is 4.90 Å². The predicted octanol–water partition coefficient (Wildman–Crippen LogP) is 4.85. The number of rotatable bonds is 5. The summed E-state index contributed by atoms with van der Waals surface area (Å²) in [4.78, 5) is 5.69. The number of phenols is 1. The molecule has 0 aliphatic carbocycles. The molecule has 3 nitrogen and oxygen atoms in total. The number of hydrogen-bond donors (Lipinski definition) is 1. The van der Waals surface area contributed by atoms with Crippen molar-refractivity contribution >= 4 is 11.3 Å². The van der Waals surface area contributed by atoms with Crippen LogP contribution in [0.5, 0.6) is 11.5 Å². The number of benzene rings is 1. The number of methoxy groups -OCH3 is 1. The standard InChI is InChI=1S/C21H27NO2S/c1-3-4-5-6-16-9-15-13-22-8-7-14-10-20(24-2)19(23)11-17(14)18(22)12-21(15)25-16/h9-11,18,23H,3-8,12-13H2,1-2H3/t18-/m0/s1. The summed E-state index contributed by atoms with van der Waals surface area (Å²) in [5, 5.41) is 10.2. The van der Waals surface area contributed by atoms with Gasteiger partial charge in [0.05, 0.1) is 7.11 Å². The fourth-order valence-electron chi connectivity index (χ4n) is 4.26. The Bertz CT molecular complexity index is 767.